The van der Waals surface area contributed by atoms with Crippen LogP contribution in [0.2, 0.25) is 0 Å². The van der Waals surface area contributed by atoms with E-state index in [0.717, 1.165) is 44.9 Å². The first kappa shape index (κ1) is 61.4. The standard InChI is InChI=1S/C57H99NO8/c1-3-5-7-9-11-13-15-17-19-20-21-22-23-24-25-26-27-28-29-30-31-33-34-36-38-40-42-44-46-51(60)50(49-65-57-56(64)55(63)54(62)52(48-59)66-57)58-53(61)47-45-43-41-39-37-35-32-18-16-14-12-10-8-6-4-2/h6,8,12,14,18,32,36-39,43-46,50-52,54-57,59-60,62-64H,3-5,7,9-11,13,15-17,19-31,33-35,40-42,47-49H2,1-2H3,(H,58,61)/b8-6-,14-12-,32-18-,38-36+,39-37-,45-43-,46-44+. The number of allylic oxidation sites excluding steroid dienone is 12. The Morgan fingerprint density at radius 2 is 0.955 bits per heavy atom. The fourth-order valence-electron chi connectivity index (χ4n) is 8.00. The Morgan fingerprint density at radius 3 is 1.42 bits per heavy atom. The summed E-state index contributed by atoms with van der Waals surface area (Å²) in [6.45, 7) is 3.59. The fourth-order valence-corrected chi connectivity index (χ4v) is 8.00. The first-order valence-electron chi connectivity index (χ1n) is 26.8. The smallest absolute Gasteiger partial charge is 0.224 e. The molecule has 9 nitrogen and oxygen atoms in total. The van der Waals surface area contributed by atoms with E-state index >= 15 is 0 Å². The van der Waals surface area contributed by atoms with E-state index in [-0.39, 0.29) is 18.9 Å². The van der Waals surface area contributed by atoms with E-state index < -0.39 is 49.5 Å². The zero-order chi connectivity index (χ0) is 48.0. The number of nitrogens with one attached hydrogen (secondary N) is 1. The number of aliphatic hydroxyl groups is 5. The molecule has 6 N–H and O–H groups in total. The van der Waals surface area contributed by atoms with Crippen LogP contribution in [0.4, 0.5) is 0 Å². The molecule has 66 heavy (non-hydrogen) atoms. The minimum absolute atomic E-state index is 0.102. The molecule has 7 unspecified atom stereocenters. The van der Waals surface area contributed by atoms with Crippen molar-refractivity contribution in [2.75, 3.05) is 13.2 Å². The molecule has 1 heterocycles. The van der Waals surface area contributed by atoms with Gasteiger partial charge >= 0.3 is 0 Å². The molecule has 1 aliphatic rings. The number of aliphatic hydroxyl groups excluding tert-OH is 5. The Balaban J connectivity index is 2.29. The molecule has 0 saturated carbocycles. The predicted octanol–water partition coefficient (Wildman–Crippen LogP) is 12.7. The monoisotopic (exact) mass is 926 g/mol. The SMILES string of the molecule is CC/C=C\C/C=C\C/C=C\C/C=C\C/C=C\CC(=O)NC(COC1OC(CO)C(O)C(O)C1O)C(O)/C=C/CC/C=C/CCCCCCCCCCCCCCCCCCCCCCCC. The zero-order valence-electron chi connectivity index (χ0n) is 41.9. The summed E-state index contributed by atoms with van der Waals surface area (Å²) >= 11 is 0. The van der Waals surface area contributed by atoms with Crippen molar-refractivity contribution < 1.29 is 39.8 Å². The first-order valence-corrected chi connectivity index (χ1v) is 26.8. The van der Waals surface area contributed by atoms with Crippen LogP contribution >= 0.6 is 0 Å². The van der Waals surface area contributed by atoms with Crippen molar-refractivity contribution in [1.82, 2.24) is 5.32 Å². The molecule has 1 fully saturated rings. The van der Waals surface area contributed by atoms with Crippen molar-refractivity contribution >= 4 is 5.91 Å². The highest BCUT2D eigenvalue weighted by Crippen LogP contribution is 2.23. The number of carbonyl (C=O) groups excluding carboxylic acids is 1. The van der Waals surface area contributed by atoms with Crippen LogP contribution in [0.1, 0.15) is 213 Å². The van der Waals surface area contributed by atoms with Crippen LogP contribution in [0.15, 0.2) is 85.1 Å². The van der Waals surface area contributed by atoms with E-state index in [2.05, 4.69) is 79.9 Å². The topological polar surface area (TPSA) is 149 Å². The van der Waals surface area contributed by atoms with Gasteiger partial charge in [0.15, 0.2) is 6.29 Å². The summed E-state index contributed by atoms with van der Waals surface area (Å²) in [6.07, 6.45) is 58.3. The largest absolute Gasteiger partial charge is 0.394 e. The van der Waals surface area contributed by atoms with E-state index in [9.17, 15) is 30.3 Å². The summed E-state index contributed by atoms with van der Waals surface area (Å²) < 4.78 is 11.2. The van der Waals surface area contributed by atoms with Gasteiger partial charge in [-0.05, 0) is 57.8 Å². The molecule has 0 aromatic heterocycles. The van der Waals surface area contributed by atoms with E-state index in [1.54, 1.807) is 12.2 Å². The van der Waals surface area contributed by atoms with Gasteiger partial charge in [0, 0.05) is 6.42 Å². The summed E-state index contributed by atoms with van der Waals surface area (Å²) in [4.78, 5) is 12.9. The second kappa shape index (κ2) is 46.1. The van der Waals surface area contributed by atoms with Crippen LogP contribution in [0.3, 0.4) is 0 Å². The van der Waals surface area contributed by atoms with Gasteiger partial charge in [-0.25, -0.2) is 0 Å². The van der Waals surface area contributed by atoms with Crippen LogP contribution in [-0.2, 0) is 14.3 Å². The van der Waals surface area contributed by atoms with Crippen molar-refractivity contribution in [3.05, 3.63) is 85.1 Å². The molecule has 0 radical (unpaired) electrons. The van der Waals surface area contributed by atoms with Crippen molar-refractivity contribution in [3.8, 4) is 0 Å². The van der Waals surface area contributed by atoms with Gasteiger partial charge in [-0.2, -0.15) is 0 Å². The lowest BCUT2D eigenvalue weighted by molar-refractivity contribution is -0.302. The maximum Gasteiger partial charge on any atom is 0.224 e. The summed E-state index contributed by atoms with van der Waals surface area (Å²) in [7, 11) is 0. The lowest BCUT2D eigenvalue weighted by Crippen LogP contribution is -2.60. The molecule has 0 spiro atoms. The molecular weight excluding hydrogens is 827 g/mol. The average molecular weight is 926 g/mol. The highest BCUT2D eigenvalue weighted by Gasteiger charge is 2.44. The minimum Gasteiger partial charge on any atom is -0.394 e. The molecule has 1 rings (SSSR count). The highest BCUT2D eigenvalue weighted by molar-refractivity contribution is 5.77. The number of unbranched alkanes of at least 4 members (excludes halogenated alkanes) is 23. The van der Waals surface area contributed by atoms with E-state index in [1.807, 2.05) is 12.2 Å². The number of ether oxygens (including phenoxy) is 2. The van der Waals surface area contributed by atoms with Crippen molar-refractivity contribution in [1.29, 1.82) is 0 Å². The molecule has 0 aromatic carbocycles. The van der Waals surface area contributed by atoms with Gasteiger partial charge in [0.05, 0.1) is 25.4 Å². The molecule has 1 amide bonds. The molecule has 380 valence electrons. The lowest BCUT2D eigenvalue weighted by Gasteiger charge is -2.40. The molecular formula is C57H99NO8. The number of hydrogen-bond donors (Lipinski definition) is 6. The molecule has 0 aliphatic carbocycles. The summed E-state index contributed by atoms with van der Waals surface area (Å²) in [5.41, 5.74) is 0. The van der Waals surface area contributed by atoms with Gasteiger partial charge in [0.1, 0.15) is 24.4 Å². The van der Waals surface area contributed by atoms with E-state index in [0.29, 0.717) is 6.42 Å². The Kier molecular flexibility index (Phi) is 42.9. The minimum atomic E-state index is -1.59. The molecule has 0 aromatic rings. The van der Waals surface area contributed by atoms with Crippen molar-refractivity contribution in [2.24, 2.45) is 0 Å². The van der Waals surface area contributed by atoms with Crippen LogP contribution < -0.4 is 5.32 Å². The Labute approximate surface area is 403 Å². The van der Waals surface area contributed by atoms with E-state index in [1.165, 1.54) is 141 Å². The number of amides is 1. The molecule has 0 bridgehead atoms. The summed E-state index contributed by atoms with van der Waals surface area (Å²) in [5, 5.41) is 54.2. The fraction of sp³-hybridized carbons (Fsp3) is 0.737. The van der Waals surface area contributed by atoms with Gasteiger partial charge in [-0.3, -0.25) is 4.79 Å². The summed E-state index contributed by atoms with van der Waals surface area (Å²) in [5.74, 6) is -0.315. The second-order valence-corrected chi connectivity index (χ2v) is 18.3. The van der Waals surface area contributed by atoms with Crippen LogP contribution in [0, 0.1) is 0 Å². The van der Waals surface area contributed by atoms with Gasteiger partial charge in [0.25, 0.3) is 0 Å². The van der Waals surface area contributed by atoms with Gasteiger partial charge in [0.2, 0.25) is 5.91 Å². The van der Waals surface area contributed by atoms with Crippen molar-refractivity contribution in [3.63, 3.8) is 0 Å². The average Bonchev–Trinajstić information content (AvgIpc) is 3.32. The first-order chi connectivity index (χ1) is 32.3. The third-order valence-electron chi connectivity index (χ3n) is 12.2. The third kappa shape index (κ3) is 35.5. The van der Waals surface area contributed by atoms with Gasteiger partial charge < -0.3 is 40.3 Å². The molecule has 7 atom stereocenters. The molecule has 1 saturated heterocycles. The third-order valence-corrected chi connectivity index (χ3v) is 12.2. The highest BCUT2D eigenvalue weighted by atomic mass is 16.7. The maximum atomic E-state index is 12.9. The Morgan fingerprint density at radius 1 is 0.530 bits per heavy atom. The summed E-state index contributed by atoms with van der Waals surface area (Å²) in [6, 6.07) is -0.881. The van der Waals surface area contributed by atoms with Gasteiger partial charge in [-0.15, -0.1) is 0 Å². The molecule has 1 aliphatic heterocycles. The Bertz CT molecular complexity index is 1300. The molecule has 9 heteroatoms. The zero-order valence-corrected chi connectivity index (χ0v) is 41.9. The maximum absolute atomic E-state index is 12.9. The van der Waals surface area contributed by atoms with Crippen molar-refractivity contribution in [2.45, 2.75) is 256 Å². The second-order valence-electron chi connectivity index (χ2n) is 18.3. The number of carbonyl (C=O) groups is 1. The van der Waals surface area contributed by atoms with Crippen LogP contribution in [-0.4, -0.2) is 87.5 Å². The predicted molar refractivity (Wildman–Crippen MR) is 276 cm³/mol. The lowest BCUT2D eigenvalue weighted by atomic mass is 9.99. The van der Waals surface area contributed by atoms with Crippen LogP contribution in [0.25, 0.3) is 0 Å². The number of hydrogen-bond acceptors (Lipinski definition) is 8. The quantitative estimate of drug-likeness (QED) is 0.0261. The van der Waals surface area contributed by atoms with Gasteiger partial charge in [-0.1, -0.05) is 234 Å². The normalized spacial score (nSPS) is 20.5. The Hall–Kier alpha value is -2.63. The van der Waals surface area contributed by atoms with Crippen LogP contribution in [0.5, 0.6) is 0 Å². The number of rotatable bonds is 44. The van der Waals surface area contributed by atoms with E-state index in [4.69, 9.17) is 9.47 Å².